The van der Waals surface area contributed by atoms with Crippen LogP contribution in [0.15, 0.2) is 18.2 Å². The van der Waals surface area contributed by atoms with Crippen LogP contribution in [0, 0.1) is 13.8 Å². The van der Waals surface area contributed by atoms with Gasteiger partial charge in [0, 0.05) is 0 Å². The zero-order chi connectivity index (χ0) is 12.4. The fraction of sp³-hybridized carbons (Fsp3) is 0.308. The summed E-state index contributed by atoms with van der Waals surface area (Å²) in [6.45, 7) is 3.97. The predicted octanol–water partition coefficient (Wildman–Crippen LogP) is 2.93. The summed E-state index contributed by atoms with van der Waals surface area (Å²) in [6, 6.07) is 6.03. The molecule has 0 radical (unpaired) electrons. The summed E-state index contributed by atoms with van der Waals surface area (Å²) in [7, 11) is 1.66. The first-order chi connectivity index (χ1) is 8.15. The average molecular weight is 249 g/mol. The first-order valence-electron chi connectivity index (χ1n) is 5.38. The van der Waals surface area contributed by atoms with Crippen molar-refractivity contribution in [1.29, 1.82) is 0 Å². The molecular weight excluding hydrogens is 234 g/mol. The second-order valence-corrected chi connectivity index (χ2v) is 4.97. The van der Waals surface area contributed by atoms with Crippen LogP contribution in [-0.2, 0) is 6.61 Å². The number of methoxy groups -OCH3 is 1. The molecule has 1 N–H and O–H groups in total. The quantitative estimate of drug-likeness (QED) is 0.909. The maximum Gasteiger partial charge on any atom is 0.129 e. The minimum absolute atomic E-state index is 0.0394. The van der Waals surface area contributed by atoms with Crippen LogP contribution in [0.25, 0.3) is 10.6 Å². The molecule has 90 valence electrons. The van der Waals surface area contributed by atoms with Gasteiger partial charge in [-0.1, -0.05) is 6.07 Å². The SMILES string of the molecule is COc1cc(C)ccc1-c1nc(C)c(CO)s1. The van der Waals surface area contributed by atoms with Gasteiger partial charge in [0.25, 0.3) is 0 Å². The van der Waals surface area contributed by atoms with Crippen LogP contribution in [-0.4, -0.2) is 17.2 Å². The second kappa shape index (κ2) is 4.85. The van der Waals surface area contributed by atoms with Crippen LogP contribution >= 0.6 is 11.3 Å². The minimum Gasteiger partial charge on any atom is -0.496 e. The first kappa shape index (κ1) is 12.1. The molecule has 1 aromatic heterocycles. The van der Waals surface area contributed by atoms with Gasteiger partial charge in [-0.15, -0.1) is 11.3 Å². The number of aromatic nitrogens is 1. The van der Waals surface area contributed by atoms with E-state index in [1.165, 1.54) is 11.3 Å². The van der Waals surface area contributed by atoms with Crippen molar-refractivity contribution < 1.29 is 9.84 Å². The molecule has 17 heavy (non-hydrogen) atoms. The Kier molecular flexibility index (Phi) is 3.45. The minimum atomic E-state index is 0.0394. The molecule has 2 rings (SSSR count). The van der Waals surface area contributed by atoms with E-state index >= 15 is 0 Å². The zero-order valence-corrected chi connectivity index (χ0v) is 11.0. The summed E-state index contributed by atoms with van der Waals surface area (Å²) >= 11 is 1.51. The molecule has 1 aromatic carbocycles. The molecule has 0 unspecified atom stereocenters. The highest BCUT2D eigenvalue weighted by atomic mass is 32.1. The van der Waals surface area contributed by atoms with Gasteiger partial charge >= 0.3 is 0 Å². The third-order valence-corrected chi connectivity index (χ3v) is 3.80. The molecular formula is C13H15NO2S. The van der Waals surface area contributed by atoms with Gasteiger partial charge in [0.05, 0.1) is 29.9 Å². The van der Waals surface area contributed by atoms with Crippen molar-refractivity contribution >= 4 is 11.3 Å². The number of hydrogen-bond acceptors (Lipinski definition) is 4. The van der Waals surface area contributed by atoms with Crippen LogP contribution in [0.3, 0.4) is 0 Å². The van der Waals surface area contributed by atoms with Gasteiger partial charge in [-0.05, 0) is 31.5 Å². The Hall–Kier alpha value is -1.39. The maximum atomic E-state index is 9.19. The van der Waals surface area contributed by atoms with E-state index in [0.717, 1.165) is 32.5 Å². The predicted molar refractivity (Wildman–Crippen MR) is 69.5 cm³/mol. The Morgan fingerprint density at radius 1 is 1.35 bits per heavy atom. The lowest BCUT2D eigenvalue weighted by Gasteiger charge is -2.06. The van der Waals surface area contributed by atoms with Crippen molar-refractivity contribution in [1.82, 2.24) is 4.98 Å². The Bertz CT molecular complexity index is 534. The van der Waals surface area contributed by atoms with Crippen molar-refractivity contribution in [3.63, 3.8) is 0 Å². The number of hydrogen-bond donors (Lipinski definition) is 1. The molecule has 0 saturated carbocycles. The summed E-state index contributed by atoms with van der Waals surface area (Å²) in [5, 5.41) is 10.1. The Labute approximate surface area is 105 Å². The number of ether oxygens (including phenoxy) is 1. The van der Waals surface area contributed by atoms with E-state index in [-0.39, 0.29) is 6.61 Å². The number of rotatable bonds is 3. The third kappa shape index (κ3) is 2.33. The number of aryl methyl sites for hydroxylation is 2. The summed E-state index contributed by atoms with van der Waals surface area (Å²) in [6.07, 6.45) is 0. The van der Waals surface area contributed by atoms with E-state index in [1.54, 1.807) is 7.11 Å². The average Bonchev–Trinajstić information content (AvgIpc) is 2.70. The molecule has 0 aliphatic heterocycles. The van der Waals surface area contributed by atoms with Crippen LogP contribution in [0.5, 0.6) is 5.75 Å². The molecule has 0 aliphatic carbocycles. The van der Waals surface area contributed by atoms with Crippen LogP contribution in [0.4, 0.5) is 0 Å². The van der Waals surface area contributed by atoms with Gasteiger partial charge in [0.2, 0.25) is 0 Å². The Morgan fingerprint density at radius 3 is 2.71 bits per heavy atom. The highest BCUT2D eigenvalue weighted by Gasteiger charge is 2.12. The highest BCUT2D eigenvalue weighted by molar-refractivity contribution is 7.15. The summed E-state index contributed by atoms with van der Waals surface area (Å²) in [4.78, 5) is 5.37. The van der Waals surface area contributed by atoms with Gasteiger partial charge in [0.1, 0.15) is 10.8 Å². The molecule has 0 aliphatic rings. The van der Waals surface area contributed by atoms with Gasteiger partial charge in [-0.2, -0.15) is 0 Å². The highest BCUT2D eigenvalue weighted by Crippen LogP contribution is 2.34. The third-order valence-electron chi connectivity index (χ3n) is 2.62. The lowest BCUT2D eigenvalue weighted by Crippen LogP contribution is -1.88. The van der Waals surface area contributed by atoms with E-state index in [9.17, 15) is 5.11 Å². The second-order valence-electron chi connectivity index (χ2n) is 3.89. The fourth-order valence-corrected chi connectivity index (χ4v) is 2.62. The molecule has 0 saturated heterocycles. The fourth-order valence-electron chi connectivity index (χ4n) is 1.67. The maximum absolute atomic E-state index is 9.19. The van der Waals surface area contributed by atoms with E-state index < -0.39 is 0 Å². The number of aliphatic hydroxyl groups is 1. The Morgan fingerprint density at radius 2 is 2.12 bits per heavy atom. The monoisotopic (exact) mass is 249 g/mol. The van der Waals surface area contributed by atoms with Crippen LogP contribution in [0.2, 0.25) is 0 Å². The van der Waals surface area contributed by atoms with Gasteiger partial charge in [-0.3, -0.25) is 0 Å². The molecule has 2 aromatic rings. The molecule has 0 fully saturated rings. The van der Waals surface area contributed by atoms with E-state index in [4.69, 9.17) is 4.74 Å². The topological polar surface area (TPSA) is 42.4 Å². The van der Waals surface area contributed by atoms with Crippen molar-refractivity contribution in [2.24, 2.45) is 0 Å². The van der Waals surface area contributed by atoms with Crippen molar-refractivity contribution in [3.8, 4) is 16.3 Å². The lowest BCUT2D eigenvalue weighted by atomic mass is 10.1. The van der Waals surface area contributed by atoms with E-state index in [1.807, 2.05) is 32.0 Å². The summed E-state index contributed by atoms with van der Waals surface area (Å²) in [5.74, 6) is 0.822. The summed E-state index contributed by atoms with van der Waals surface area (Å²) < 4.78 is 5.37. The van der Waals surface area contributed by atoms with E-state index in [0.29, 0.717) is 0 Å². The van der Waals surface area contributed by atoms with Crippen molar-refractivity contribution in [2.45, 2.75) is 20.5 Å². The van der Waals surface area contributed by atoms with E-state index in [2.05, 4.69) is 4.98 Å². The summed E-state index contributed by atoms with van der Waals surface area (Å²) in [5.41, 5.74) is 3.02. The molecule has 0 amide bonds. The van der Waals surface area contributed by atoms with Crippen molar-refractivity contribution in [2.75, 3.05) is 7.11 Å². The smallest absolute Gasteiger partial charge is 0.129 e. The van der Waals surface area contributed by atoms with Gasteiger partial charge < -0.3 is 9.84 Å². The molecule has 0 atom stereocenters. The standard InChI is InChI=1S/C13H15NO2S/c1-8-4-5-10(11(6-8)16-3)13-14-9(2)12(7-15)17-13/h4-6,15H,7H2,1-3H3. The first-order valence-corrected chi connectivity index (χ1v) is 6.19. The molecule has 0 spiro atoms. The lowest BCUT2D eigenvalue weighted by molar-refractivity contribution is 0.284. The largest absolute Gasteiger partial charge is 0.496 e. The molecule has 3 nitrogen and oxygen atoms in total. The van der Waals surface area contributed by atoms with Gasteiger partial charge in [0.15, 0.2) is 0 Å². The normalized spacial score (nSPS) is 10.6. The Balaban J connectivity index is 2.51. The van der Waals surface area contributed by atoms with Gasteiger partial charge in [-0.25, -0.2) is 4.98 Å². The molecule has 1 heterocycles. The number of benzene rings is 1. The number of nitrogens with zero attached hydrogens (tertiary/aromatic N) is 1. The van der Waals surface area contributed by atoms with Crippen LogP contribution < -0.4 is 4.74 Å². The molecule has 4 heteroatoms. The van der Waals surface area contributed by atoms with Crippen molar-refractivity contribution in [3.05, 3.63) is 34.3 Å². The number of aliphatic hydroxyl groups excluding tert-OH is 1. The zero-order valence-electron chi connectivity index (χ0n) is 10.2. The number of thiazole rings is 1. The van der Waals surface area contributed by atoms with Crippen LogP contribution in [0.1, 0.15) is 16.1 Å². The molecule has 0 bridgehead atoms.